The van der Waals surface area contributed by atoms with Crippen LogP contribution in [0.4, 0.5) is 9.18 Å². The summed E-state index contributed by atoms with van der Waals surface area (Å²) in [5, 5.41) is 0.525. The number of likely N-dealkylation sites (N-methyl/N-ethyl adjacent to an activating group) is 1. The second-order valence-corrected chi connectivity index (χ2v) is 7.02. The summed E-state index contributed by atoms with van der Waals surface area (Å²) in [5.41, 5.74) is 2.59. The van der Waals surface area contributed by atoms with Crippen LogP contribution in [0.1, 0.15) is 17.2 Å². The lowest BCUT2D eigenvalue weighted by atomic mass is 10.1. The molecule has 2 heterocycles. The van der Waals surface area contributed by atoms with Crippen molar-refractivity contribution in [3.05, 3.63) is 71.7 Å². The number of para-hydroxylation sites is 1. The molecule has 25 heavy (non-hydrogen) atoms. The van der Waals surface area contributed by atoms with Crippen LogP contribution in [0, 0.1) is 5.82 Å². The highest BCUT2D eigenvalue weighted by molar-refractivity contribution is 8.26. The van der Waals surface area contributed by atoms with Gasteiger partial charge in [0.1, 0.15) is 11.9 Å². The predicted molar refractivity (Wildman–Crippen MR) is 95.9 cm³/mol. The SMILES string of the molecule is CN1C(=O)SC(=O)C1c1cn(Cc2cccc(F)c2)c2ccccc12. The molecule has 0 saturated carbocycles. The number of rotatable bonds is 3. The van der Waals surface area contributed by atoms with Gasteiger partial charge in [-0.05, 0) is 23.8 Å². The van der Waals surface area contributed by atoms with E-state index in [0.717, 1.165) is 33.8 Å². The van der Waals surface area contributed by atoms with Gasteiger partial charge in [-0.1, -0.05) is 30.3 Å². The molecule has 1 fully saturated rings. The molecule has 1 saturated heterocycles. The fraction of sp³-hybridized carbons (Fsp3) is 0.158. The summed E-state index contributed by atoms with van der Waals surface area (Å²) in [6.07, 6.45) is 1.90. The van der Waals surface area contributed by atoms with Crippen LogP contribution in [0.3, 0.4) is 0 Å². The lowest BCUT2D eigenvalue weighted by Crippen LogP contribution is -2.23. The molecule has 1 aliphatic heterocycles. The summed E-state index contributed by atoms with van der Waals surface area (Å²) < 4.78 is 15.5. The molecule has 126 valence electrons. The molecule has 0 N–H and O–H groups in total. The van der Waals surface area contributed by atoms with Gasteiger partial charge in [0.15, 0.2) is 0 Å². The Morgan fingerprint density at radius 2 is 1.92 bits per heavy atom. The quantitative estimate of drug-likeness (QED) is 0.708. The minimum atomic E-state index is -0.587. The van der Waals surface area contributed by atoms with E-state index < -0.39 is 6.04 Å². The van der Waals surface area contributed by atoms with Crippen molar-refractivity contribution in [3.8, 4) is 0 Å². The van der Waals surface area contributed by atoms with Gasteiger partial charge in [-0.3, -0.25) is 9.59 Å². The van der Waals surface area contributed by atoms with Crippen molar-refractivity contribution >= 4 is 33.0 Å². The maximum Gasteiger partial charge on any atom is 0.289 e. The van der Waals surface area contributed by atoms with Gasteiger partial charge in [0.05, 0.1) is 0 Å². The maximum absolute atomic E-state index is 13.5. The van der Waals surface area contributed by atoms with Gasteiger partial charge >= 0.3 is 0 Å². The van der Waals surface area contributed by atoms with E-state index in [1.807, 2.05) is 41.1 Å². The fourth-order valence-electron chi connectivity index (χ4n) is 3.27. The van der Waals surface area contributed by atoms with E-state index in [-0.39, 0.29) is 16.2 Å². The van der Waals surface area contributed by atoms with Crippen molar-refractivity contribution in [1.82, 2.24) is 9.47 Å². The molecular weight excluding hydrogens is 339 g/mol. The fourth-order valence-corrected chi connectivity index (χ4v) is 4.09. The monoisotopic (exact) mass is 354 g/mol. The van der Waals surface area contributed by atoms with Crippen LogP contribution in [0.5, 0.6) is 0 Å². The molecule has 1 unspecified atom stereocenters. The first-order valence-corrected chi connectivity index (χ1v) is 8.67. The van der Waals surface area contributed by atoms with Crippen LogP contribution in [-0.4, -0.2) is 26.9 Å². The number of fused-ring (bicyclic) bond motifs is 1. The van der Waals surface area contributed by atoms with Crippen molar-refractivity contribution < 1.29 is 14.0 Å². The van der Waals surface area contributed by atoms with Crippen LogP contribution < -0.4 is 0 Å². The number of hydrogen-bond acceptors (Lipinski definition) is 3. The molecule has 0 spiro atoms. The van der Waals surface area contributed by atoms with Crippen molar-refractivity contribution in [2.75, 3.05) is 7.05 Å². The van der Waals surface area contributed by atoms with E-state index in [4.69, 9.17) is 0 Å². The highest BCUT2D eigenvalue weighted by Gasteiger charge is 2.39. The van der Waals surface area contributed by atoms with Crippen LogP contribution >= 0.6 is 11.8 Å². The Kier molecular flexibility index (Phi) is 3.84. The highest BCUT2D eigenvalue weighted by Crippen LogP contribution is 2.39. The second-order valence-electron chi connectivity index (χ2n) is 6.06. The zero-order valence-corrected chi connectivity index (χ0v) is 14.3. The van der Waals surface area contributed by atoms with Crippen LogP contribution in [0.2, 0.25) is 0 Å². The van der Waals surface area contributed by atoms with Crippen molar-refractivity contribution in [1.29, 1.82) is 0 Å². The van der Waals surface area contributed by atoms with Gasteiger partial charge in [0.25, 0.3) is 5.24 Å². The normalized spacial score (nSPS) is 17.7. The molecule has 4 nitrogen and oxygen atoms in total. The Hall–Kier alpha value is -2.60. The molecular formula is C19H15FN2O2S. The summed E-state index contributed by atoms with van der Waals surface area (Å²) >= 11 is 0.744. The largest absolute Gasteiger partial charge is 0.343 e. The molecule has 0 bridgehead atoms. The van der Waals surface area contributed by atoms with Crippen LogP contribution in [-0.2, 0) is 11.3 Å². The van der Waals surface area contributed by atoms with E-state index in [1.54, 1.807) is 13.1 Å². The predicted octanol–water partition coefficient (Wildman–Crippen LogP) is 4.20. The Balaban J connectivity index is 1.82. The first-order valence-electron chi connectivity index (χ1n) is 7.85. The first-order chi connectivity index (χ1) is 12.0. The average Bonchev–Trinajstić information content (AvgIpc) is 3.05. The first kappa shape index (κ1) is 15.9. The summed E-state index contributed by atoms with van der Waals surface area (Å²) in [6.45, 7) is 0.490. The summed E-state index contributed by atoms with van der Waals surface area (Å²) in [7, 11) is 1.64. The third kappa shape index (κ3) is 2.72. The molecule has 2 aromatic carbocycles. The molecule has 1 atom stereocenters. The second kappa shape index (κ2) is 6.04. The summed E-state index contributed by atoms with van der Waals surface area (Å²) in [4.78, 5) is 25.6. The van der Waals surface area contributed by atoms with Gasteiger partial charge in [-0.15, -0.1) is 0 Å². The topological polar surface area (TPSA) is 42.3 Å². The van der Waals surface area contributed by atoms with Gasteiger partial charge in [0, 0.05) is 48.0 Å². The summed E-state index contributed by atoms with van der Waals surface area (Å²) in [6, 6.07) is 13.6. The van der Waals surface area contributed by atoms with Crippen molar-refractivity contribution in [3.63, 3.8) is 0 Å². The zero-order chi connectivity index (χ0) is 17.6. The van der Waals surface area contributed by atoms with Gasteiger partial charge in [-0.2, -0.15) is 0 Å². The van der Waals surface area contributed by atoms with E-state index in [9.17, 15) is 14.0 Å². The minimum absolute atomic E-state index is 0.166. The Bertz CT molecular complexity index is 998. The van der Waals surface area contributed by atoms with Crippen molar-refractivity contribution in [2.24, 2.45) is 0 Å². The molecule has 0 aliphatic carbocycles. The molecule has 3 aromatic rings. The number of aromatic nitrogens is 1. The molecule has 0 radical (unpaired) electrons. The minimum Gasteiger partial charge on any atom is -0.343 e. The molecule has 1 aromatic heterocycles. The molecule has 6 heteroatoms. The zero-order valence-electron chi connectivity index (χ0n) is 13.5. The lowest BCUT2D eigenvalue weighted by molar-refractivity contribution is -0.113. The number of halogens is 1. The Morgan fingerprint density at radius 1 is 1.12 bits per heavy atom. The smallest absolute Gasteiger partial charge is 0.289 e. The number of benzene rings is 2. The van der Waals surface area contributed by atoms with Gasteiger partial charge in [0.2, 0.25) is 5.12 Å². The number of amides is 1. The average molecular weight is 354 g/mol. The number of thioether (sulfide) groups is 1. The van der Waals surface area contributed by atoms with Crippen LogP contribution in [0.15, 0.2) is 54.7 Å². The number of hydrogen-bond donors (Lipinski definition) is 0. The third-order valence-electron chi connectivity index (χ3n) is 4.44. The number of nitrogens with zero attached hydrogens (tertiary/aromatic N) is 2. The van der Waals surface area contributed by atoms with E-state index in [0.29, 0.717) is 6.54 Å². The number of carbonyl (C=O) groups is 2. The molecule has 1 amide bonds. The maximum atomic E-state index is 13.5. The molecule has 4 rings (SSSR count). The van der Waals surface area contributed by atoms with Gasteiger partial charge < -0.3 is 9.47 Å². The van der Waals surface area contributed by atoms with Gasteiger partial charge in [-0.25, -0.2) is 4.39 Å². The van der Waals surface area contributed by atoms with Crippen LogP contribution in [0.25, 0.3) is 10.9 Å². The lowest BCUT2D eigenvalue weighted by Gasteiger charge is -2.16. The summed E-state index contributed by atoms with van der Waals surface area (Å²) in [5.74, 6) is -0.276. The Labute approximate surface area is 148 Å². The standard InChI is InChI=1S/C19H15FN2O2S/c1-21-17(18(23)25-19(21)24)15-11-22(16-8-3-2-7-14(15)16)10-12-5-4-6-13(20)9-12/h2-9,11,17H,10H2,1H3. The van der Waals surface area contributed by atoms with E-state index in [2.05, 4.69) is 0 Å². The Morgan fingerprint density at radius 3 is 2.64 bits per heavy atom. The number of carbonyl (C=O) groups excluding carboxylic acids is 2. The van der Waals surface area contributed by atoms with E-state index >= 15 is 0 Å². The third-order valence-corrected chi connectivity index (χ3v) is 5.33. The van der Waals surface area contributed by atoms with Crippen molar-refractivity contribution in [2.45, 2.75) is 12.6 Å². The highest BCUT2D eigenvalue weighted by atomic mass is 32.2. The van der Waals surface area contributed by atoms with E-state index in [1.165, 1.54) is 17.0 Å². The molecule has 1 aliphatic rings.